The number of ether oxygens (including phenoxy) is 4. The molecular weight excluding hydrogens is 643 g/mol. The molecule has 0 bridgehead atoms. The van der Waals surface area contributed by atoms with Crippen molar-refractivity contribution in [1.29, 1.82) is 0 Å². The van der Waals surface area contributed by atoms with Gasteiger partial charge in [0.2, 0.25) is 0 Å². The zero-order valence-corrected chi connectivity index (χ0v) is 28.1. The average molecular weight is 683 g/mol. The molecule has 0 unspecified atom stereocenters. The quantitative estimate of drug-likeness (QED) is 0.149. The molecule has 4 aromatic carbocycles. The Balaban J connectivity index is 1.47. The topological polar surface area (TPSA) is 120 Å². The maximum absolute atomic E-state index is 13.9. The van der Waals surface area contributed by atoms with Gasteiger partial charge >= 0.3 is 18.0 Å². The largest absolute Gasteiger partial charge is 0.489 e. The normalized spacial score (nSPS) is 17.5. The highest BCUT2D eigenvalue weighted by atomic mass is 19.1. The lowest BCUT2D eigenvalue weighted by molar-refractivity contribution is -0.188. The molecule has 1 aliphatic rings. The Morgan fingerprint density at radius 3 is 1.92 bits per heavy atom. The number of halogens is 1. The highest BCUT2D eigenvalue weighted by molar-refractivity contribution is 5.95. The number of amides is 2. The summed E-state index contributed by atoms with van der Waals surface area (Å²) in [6.07, 6.45) is -0.551. The summed E-state index contributed by atoms with van der Waals surface area (Å²) >= 11 is 0. The second kappa shape index (κ2) is 15.7. The van der Waals surface area contributed by atoms with E-state index in [4.69, 9.17) is 18.9 Å². The Bertz CT molecular complexity index is 1780. The van der Waals surface area contributed by atoms with Gasteiger partial charge in [0.25, 0.3) is 11.7 Å². The van der Waals surface area contributed by atoms with Crippen LogP contribution in [0.1, 0.15) is 70.3 Å². The van der Waals surface area contributed by atoms with Crippen LogP contribution in [0.15, 0.2) is 109 Å². The van der Waals surface area contributed by atoms with Gasteiger partial charge in [0.1, 0.15) is 29.8 Å². The number of rotatable bonds is 9. The molecule has 0 saturated carbocycles. The second-order valence-electron chi connectivity index (χ2n) is 12.8. The first-order valence-electron chi connectivity index (χ1n) is 16.2. The summed E-state index contributed by atoms with van der Waals surface area (Å²) < 4.78 is 37.4. The Labute approximate surface area is 290 Å². The first-order chi connectivity index (χ1) is 23.9. The van der Waals surface area contributed by atoms with Crippen molar-refractivity contribution < 1.29 is 42.5 Å². The van der Waals surface area contributed by atoms with Crippen molar-refractivity contribution in [2.24, 2.45) is 0 Å². The maximum Gasteiger partial charge on any atom is 0.410 e. The average Bonchev–Trinajstić information content (AvgIpc) is 3.27. The number of carbonyl (C=O) groups is 4. The number of likely N-dealkylation sites (tertiary alicyclic amines) is 1. The Kier molecular flexibility index (Phi) is 11.2. The van der Waals surface area contributed by atoms with Crippen molar-refractivity contribution in [3.05, 3.63) is 137 Å². The lowest BCUT2D eigenvalue weighted by Crippen LogP contribution is -2.60. The minimum absolute atomic E-state index is 0.0110. The molecule has 0 aromatic heterocycles. The monoisotopic (exact) mass is 682 g/mol. The molecule has 1 N–H and O–H groups in total. The van der Waals surface area contributed by atoms with E-state index in [2.05, 4.69) is 5.32 Å². The van der Waals surface area contributed by atoms with E-state index < -0.39 is 47.2 Å². The SMILES string of the molecule is CC(C)(C)OC(=O)N1CCC[C@](OC(=O)c2ccc(F)cc2)(OC(=O)c2ccc(OCc3ccccc3)cc2)[C@H](NC(=O)c2ccccc2)C1. The van der Waals surface area contributed by atoms with E-state index in [9.17, 15) is 23.6 Å². The van der Waals surface area contributed by atoms with Crippen LogP contribution in [0.2, 0.25) is 0 Å². The predicted molar refractivity (Wildman–Crippen MR) is 182 cm³/mol. The zero-order valence-electron chi connectivity index (χ0n) is 28.1. The van der Waals surface area contributed by atoms with Crippen LogP contribution in [0.3, 0.4) is 0 Å². The third kappa shape index (κ3) is 9.46. The summed E-state index contributed by atoms with van der Waals surface area (Å²) in [5, 5.41) is 2.86. The van der Waals surface area contributed by atoms with Crippen molar-refractivity contribution >= 4 is 23.9 Å². The Morgan fingerprint density at radius 2 is 1.34 bits per heavy atom. The number of hydrogen-bond donors (Lipinski definition) is 1. The smallest absolute Gasteiger partial charge is 0.410 e. The van der Waals surface area contributed by atoms with Crippen LogP contribution in [0, 0.1) is 5.82 Å². The molecule has 1 heterocycles. The first-order valence-corrected chi connectivity index (χ1v) is 16.2. The molecule has 1 aliphatic heterocycles. The number of hydrogen-bond acceptors (Lipinski definition) is 8. The summed E-state index contributed by atoms with van der Waals surface area (Å²) in [6.45, 7) is 5.42. The predicted octanol–water partition coefficient (Wildman–Crippen LogP) is 6.94. The molecule has 1 saturated heterocycles. The molecule has 5 rings (SSSR count). The van der Waals surface area contributed by atoms with Gasteiger partial charge in [0.15, 0.2) is 0 Å². The molecule has 4 aromatic rings. The van der Waals surface area contributed by atoms with E-state index in [1.807, 2.05) is 30.3 Å². The lowest BCUT2D eigenvalue weighted by Gasteiger charge is -2.39. The van der Waals surface area contributed by atoms with Crippen molar-refractivity contribution in [3.8, 4) is 5.75 Å². The highest BCUT2D eigenvalue weighted by Gasteiger charge is 2.51. The fourth-order valence-electron chi connectivity index (χ4n) is 5.33. The number of nitrogens with zero attached hydrogens (tertiary/aromatic N) is 1. The number of carbonyl (C=O) groups excluding carboxylic acids is 4. The summed E-state index contributed by atoms with van der Waals surface area (Å²) in [5.74, 6) is -4.48. The first kappa shape index (κ1) is 35.6. The van der Waals surface area contributed by atoms with Crippen molar-refractivity contribution in [2.75, 3.05) is 13.1 Å². The molecule has 0 aliphatic carbocycles. The van der Waals surface area contributed by atoms with Gasteiger partial charge in [-0.2, -0.15) is 0 Å². The van der Waals surface area contributed by atoms with E-state index in [0.717, 1.165) is 17.7 Å². The van der Waals surface area contributed by atoms with Gasteiger partial charge in [-0.25, -0.2) is 18.8 Å². The fraction of sp³-hybridized carbons (Fsp3) is 0.282. The molecule has 2 atom stereocenters. The van der Waals surface area contributed by atoms with Gasteiger partial charge in [0, 0.05) is 18.5 Å². The highest BCUT2D eigenvalue weighted by Crippen LogP contribution is 2.32. The zero-order chi connectivity index (χ0) is 35.7. The van der Waals surface area contributed by atoms with E-state index in [-0.39, 0.29) is 42.6 Å². The summed E-state index contributed by atoms with van der Waals surface area (Å²) in [5.41, 5.74) is 0.552. The maximum atomic E-state index is 13.9. The van der Waals surface area contributed by atoms with Crippen LogP contribution in [0.25, 0.3) is 0 Å². The third-order valence-corrected chi connectivity index (χ3v) is 7.83. The standard InChI is InChI=1S/C39H39FN2O8/c1-38(2,3)50-37(46)42-24-10-23-39(48-35(44)29-15-19-31(40)20-16-29,33(25-42)41-34(43)28-13-8-5-9-14-28)49-36(45)30-17-21-32(22-18-30)47-26-27-11-6-4-7-12-27/h4-9,11-22,33H,10,23-26H2,1-3H3,(H,41,43)/t33-,39+/m1/s1. The molecule has 1 fully saturated rings. The van der Waals surface area contributed by atoms with Crippen LogP contribution >= 0.6 is 0 Å². The molecule has 10 nitrogen and oxygen atoms in total. The van der Waals surface area contributed by atoms with Gasteiger partial charge in [-0.15, -0.1) is 0 Å². The third-order valence-electron chi connectivity index (χ3n) is 7.83. The van der Waals surface area contributed by atoms with E-state index in [1.165, 1.54) is 29.2 Å². The van der Waals surface area contributed by atoms with Gasteiger partial charge in [-0.3, -0.25) is 4.79 Å². The Morgan fingerprint density at radius 1 is 0.780 bits per heavy atom. The molecule has 2 amide bonds. The van der Waals surface area contributed by atoms with Gasteiger partial charge in [0.05, 0.1) is 17.7 Å². The van der Waals surface area contributed by atoms with E-state index in [1.54, 1.807) is 63.2 Å². The van der Waals surface area contributed by atoms with E-state index >= 15 is 0 Å². The van der Waals surface area contributed by atoms with Crippen LogP contribution < -0.4 is 10.1 Å². The van der Waals surface area contributed by atoms with Crippen LogP contribution in [-0.2, 0) is 20.8 Å². The molecule has 0 spiro atoms. The molecule has 260 valence electrons. The number of benzene rings is 4. The minimum atomic E-state index is -2.10. The molecule has 11 heteroatoms. The van der Waals surface area contributed by atoms with Crippen LogP contribution in [0.4, 0.5) is 9.18 Å². The van der Waals surface area contributed by atoms with Gasteiger partial charge in [-0.1, -0.05) is 48.5 Å². The van der Waals surface area contributed by atoms with Gasteiger partial charge < -0.3 is 29.2 Å². The van der Waals surface area contributed by atoms with Crippen molar-refractivity contribution in [1.82, 2.24) is 10.2 Å². The van der Waals surface area contributed by atoms with E-state index in [0.29, 0.717) is 12.4 Å². The fourth-order valence-corrected chi connectivity index (χ4v) is 5.33. The summed E-state index contributed by atoms with van der Waals surface area (Å²) in [4.78, 5) is 55.8. The van der Waals surface area contributed by atoms with Crippen molar-refractivity contribution in [3.63, 3.8) is 0 Å². The molecule has 0 radical (unpaired) electrons. The molecular formula is C39H39FN2O8. The molecule has 50 heavy (non-hydrogen) atoms. The van der Waals surface area contributed by atoms with Crippen LogP contribution in [0.5, 0.6) is 5.75 Å². The summed E-state index contributed by atoms with van der Waals surface area (Å²) in [6, 6.07) is 27.6. The second-order valence-corrected chi connectivity index (χ2v) is 12.8. The Hall–Kier alpha value is -5.71. The minimum Gasteiger partial charge on any atom is -0.489 e. The van der Waals surface area contributed by atoms with Crippen molar-refractivity contribution in [2.45, 2.75) is 57.6 Å². The number of esters is 2. The van der Waals surface area contributed by atoms with Crippen LogP contribution in [-0.4, -0.2) is 59.4 Å². The number of nitrogens with one attached hydrogen (secondary N) is 1. The van der Waals surface area contributed by atoms with Gasteiger partial charge in [-0.05, 0) is 93.4 Å². The summed E-state index contributed by atoms with van der Waals surface area (Å²) in [7, 11) is 0. The lowest BCUT2D eigenvalue weighted by atomic mass is 10.0.